The van der Waals surface area contributed by atoms with Gasteiger partial charge in [0.15, 0.2) is 0 Å². The zero-order valence-electron chi connectivity index (χ0n) is 13.6. The minimum absolute atomic E-state index is 0.128. The van der Waals surface area contributed by atoms with Gasteiger partial charge in [-0.3, -0.25) is 9.48 Å². The molecule has 1 aliphatic rings. The van der Waals surface area contributed by atoms with Crippen molar-refractivity contribution in [3.05, 3.63) is 42.5 Å². The molecule has 1 aromatic carbocycles. The highest BCUT2D eigenvalue weighted by Crippen LogP contribution is 2.20. The molecule has 0 aliphatic carbocycles. The summed E-state index contributed by atoms with van der Waals surface area (Å²) >= 11 is 0. The van der Waals surface area contributed by atoms with Crippen molar-refractivity contribution >= 4 is 5.91 Å². The Morgan fingerprint density at radius 2 is 2.33 bits per heavy atom. The van der Waals surface area contributed by atoms with Crippen molar-refractivity contribution in [2.24, 2.45) is 0 Å². The lowest BCUT2D eigenvalue weighted by Crippen LogP contribution is -2.26. The summed E-state index contributed by atoms with van der Waals surface area (Å²) in [6, 6.07) is 7.30. The van der Waals surface area contributed by atoms with Gasteiger partial charge in [-0.2, -0.15) is 5.10 Å². The SMILES string of the molecule is O=C(NCCCn1cncn1)c1ccccc1OC[C@H]1CCCO1. The Bertz CT molecular complexity index is 639. The number of nitrogens with zero attached hydrogens (tertiary/aromatic N) is 3. The van der Waals surface area contributed by atoms with Crippen molar-refractivity contribution in [3.63, 3.8) is 0 Å². The van der Waals surface area contributed by atoms with Crippen molar-refractivity contribution in [1.29, 1.82) is 0 Å². The van der Waals surface area contributed by atoms with Gasteiger partial charge < -0.3 is 14.8 Å². The molecule has 0 radical (unpaired) electrons. The van der Waals surface area contributed by atoms with Gasteiger partial charge in [0, 0.05) is 19.7 Å². The lowest BCUT2D eigenvalue weighted by Gasteiger charge is -2.14. The quantitative estimate of drug-likeness (QED) is 0.745. The Balaban J connectivity index is 1.48. The van der Waals surface area contributed by atoms with Crippen molar-refractivity contribution in [2.75, 3.05) is 19.8 Å². The molecule has 0 bridgehead atoms. The van der Waals surface area contributed by atoms with Crippen LogP contribution in [0.4, 0.5) is 0 Å². The maximum absolute atomic E-state index is 12.4. The van der Waals surface area contributed by atoms with Gasteiger partial charge in [-0.1, -0.05) is 12.1 Å². The highest BCUT2D eigenvalue weighted by atomic mass is 16.5. The first-order valence-electron chi connectivity index (χ1n) is 8.27. The Labute approximate surface area is 141 Å². The molecule has 0 unspecified atom stereocenters. The van der Waals surface area contributed by atoms with E-state index < -0.39 is 0 Å². The van der Waals surface area contributed by atoms with E-state index in [2.05, 4.69) is 15.4 Å². The maximum Gasteiger partial charge on any atom is 0.255 e. The predicted octanol–water partition coefficient (Wildman–Crippen LogP) is 1.66. The van der Waals surface area contributed by atoms with Crippen LogP contribution < -0.4 is 10.1 Å². The lowest BCUT2D eigenvalue weighted by molar-refractivity contribution is 0.0670. The second-order valence-corrected chi connectivity index (χ2v) is 5.71. The van der Waals surface area contributed by atoms with Crippen molar-refractivity contribution in [3.8, 4) is 5.75 Å². The molecule has 2 aromatic rings. The topological polar surface area (TPSA) is 78.3 Å². The first kappa shape index (κ1) is 16.4. The third kappa shape index (κ3) is 4.55. The van der Waals surface area contributed by atoms with Gasteiger partial charge in [0.2, 0.25) is 0 Å². The van der Waals surface area contributed by atoms with E-state index in [1.54, 1.807) is 17.1 Å². The number of aryl methyl sites for hydroxylation is 1. The minimum atomic E-state index is -0.128. The van der Waals surface area contributed by atoms with Crippen molar-refractivity contribution < 1.29 is 14.3 Å². The second-order valence-electron chi connectivity index (χ2n) is 5.71. The Morgan fingerprint density at radius 3 is 3.12 bits per heavy atom. The van der Waals surface area contributed by atoms with Gasteiger partial charge >= 0.3 is 0 Å². The monoisotopic (exact) mass is 330 g/mol. The zero-order chi connectivity index (χ0) is 16.6. The number of hydrogen-bond acceptors (Lipinski definition) is 5. The summed E-state index contributed by atoms with van der Waals surface area (Å²) in [5, 5.41) is 6.95. The number of rotatable bonds is 8. The van der Waals surface area contributed by atoms with Gasteiger partial charge in [0.05, 0.1) is 11.7 Å². The van der Waals surface area contributed by atoms with Crippen LogP contribution in [0.5, 0.6) is 5.75 Å². The van der Waals surface area contributed by atoms with E-state index in [4.69, 9.17) is 9.47 Å². The largest absolute Gasteiger partial charge is 0.490 e. The Kier molecular flexibility index (Phi) is 5.79. The first-order valence-corrected chi connectivity index (χ1v) is 8.27. The molecule has 1 aliphatic heterocycles. The fourth-order valence-corrected chi connectivity index (χ4v) is 2.62. The molecule has 3 rings (SSSR count). The predicted molar refractivity (Wildman–Crippen MR) is 87.9 cm³/mol. The molecule has 1 amide bonds. The van der Waals surface area contributed by atoms with Crippen LogP contribution in [0.15, 0.2) is 36.9 Å². The summed E-state index contributed by atoms with van der Waals surface area (Å²) in [4.78, 5) is 16.3. The van der Waals surface area contributed by atoms with Crippen molar-refractivity contribution in [2.45, 2.75) is 31.9 Å². The molecule has 1 N–H and O–H groups in total. The Morgan fingerprint density at radius 1 is 1.42 bits per heavy atom. The summed E-state index contributed by atoms with van der Waals surface area (Å²) in [7, 11) is 0. The smallest absolute Gasteiger partial charge is 0.255 e. The van der Waals surface area contributed by atoms with Gasteiger partial charge in [-0.25, -0.2) is 4.98 Å². The lowest BCUT2D eigenvalue weighted by atomic mass is 10.2. The van der Waals surface area contributed by atoms with E-state index in [1.807, 2.05) is 18.2 Å². The number of carbonyl (C=O) groups is 1. The third-order valence-corrected chi connectivity index (χ3v) is 3.90. The van der Waals surface area contributed by atoms with E-state index in [1.165, 1.54) is 6.33 Å². The molecule has 0 saturated carbocycles. The minimum Gasteiger partial charge on any atom is -0.490 e. The third-order valence-electron chi connectivity index (χ3n) is 3.90. The first-order chi connectivity index (χ1) is 11.8. The standard InChI is InChI=1S/C17H22N4O3/c22-17(19-8-4-9-21-13-18-12-20-21)15-6-1-2-7-16(15)24-11-14-5-3-10-23-14/h1-2,6-7,12-14H,3-5,8-11H2,(H,19,22)/t14-/m1/s1. The molecule has 128 valence electrons. The number of aromatic nitrogens is 3. The summed E-state index contributed by atoms with van der Waals surface area (Å²) in [5.41, 5.74) is 0.552. The molecule has 24 heavy (non-hydrogen) atoms. The van der Waals surface area contributed by atoms with Crippen LogP contribution in [-0.4, -0.2) is 46.5 Å². The van der Waals surface area contributed by atoms with Crippen LogP contribution in [0.3, 0.4) is 0 Å². The van der Waals surface area contributed by atoms with E-state index >= 15 is 0 Å². The normalized spacial score (nSPS) is 16.9. The Hall–Kier alpha value is -2.41. The average molecular weight is 330 g/mol. The van der Waals surface area contributed by atoms with Gasteiger partial charge in [0.25, 0.3) is 5.91 Å². The second kappa shape index (κ2) is 8.44. The van der Waals surface area contributed by atoms with Crippen LogP contribution in [-0.2, 0) is 11.3 Å². The fourth-order valence-electron chi connectivity index (χ4n) is 2.62. The van der Waals surface area contributed by atoms with Gasteiger partial charge in [-0.05, 0) is 31.4 Å². The number of ether oxygens (including phenoxy) is 2. The molecule has 1 fully saturated rings. The molecule has 0 spiro atoms. The molecular formula is C17H22N4O3. The van der Waals surface area contributed by atoms with E-state index in [0.717, 1.165) is 32.4 Å². The molecule has 2 heterocycles. The van der Waals surface area contributed by atoms with Gasteiger partial charge in [0.1, 0.15) is 25.0 Å². The molecule has 1 saturated heterocycles. The van der Waals surface area contributed by atoms with Crippen LogP contribution in [0, 0.1) is 0 Å². The van der Waals surface area contributed by atoms with E-state index in [9.17, 15) is 4.79 Å². The van der Waals surface area contributed by atoms with E-state index in [-0.39, 0.29) is 12.0 Å². The van der Waals surface area contributed by atoms with Gasteiger partial charge in [-0.15, -0.1) is 0 Å². The molecule has 1 atom stereocenters. The highest BCUT2D eigenvalue weighted by molar-refractivity contribution is 5.96. The fraction of sp³-hybridized carbons (Fsp3) is 0.471. The van der Waals surface area contributed by atoms with E-state index in [0.29, 0.717) is 24.5 Å². The zero-order valence-corrected chi connectivity index (χ0v) is 13.6. The molecule has 7 heteroatoms. The summed E-state index contributed by atoms with van der Waals surface area (Å²) < 4.78 is 13.1. The number of para-hydroxylation sites is 1. The summed E-state index contributed by atoms with van der Waals surface area (Å²) in [6.45, 7) is 2.56. The molecule has 1 aromatic heterocycles. The molecule has 7 nitrogen and oxygen atoms in total. The number of amides is 1. The average Bonchev–Trinajstić information content (AvgIpc) is 3.30. The van der Waals surface area contributed by atoms with Crippen LogP contribution >= 0.6 is 0 Å². The molecular weight excluding hydrogens is 308 g/mol. The maximum atomic E-state index is 12.4. The number of carbonyl (C=O) groups excluding carboxylic acids is 1. The highest BCUT2D eigenvalue weighted by Gasteiger charge is 2.18. The van der Waals surface area contributed by atoms with Crippen LogP contribution in [0.1, 0.15) is 29.6 Å². The van der Waals surface area contributed by atoms with Crippen molar-refractivity contribution in [1.82, 2.24) is 20.1 Å². The number of benzene rings is 1. The number of nitrogens with one attached hydrogen (secondary N) is 1. The summed E-state index contributed by atoms with van der Waals surface area (Å²) in [6.07, 6.45) is 6.16. The summed E-state index contributed by atoms with van der Waals surface area (Å²) in [5.74, 6) is 0.471. The van der Waals surface area contributed by atoms with Crippen LogP contribution in [0.25, 0.3) is 0 Å². The number of hydrogen-bond donors (Lipinski definition) is 1. The van der Waals surface area contributed by atoms with Crippen LogP contribution in [0.2, 0.25) is 0 Å².